The maximum Gasteiger partial charge on any atom is 0.341 e. The van der Waals surface area contributed by atoms with Gasteiger partial charge in [-0.15, -0.1) is 11.3 Å². The van der Waals surface area contributed by atoms with Crippen LogP contribution < -0.4 is 5.32 Å². The largest absolute Gasteiger partial charge is 0.462 e. The summed E-state index contributed by atoms with van der Waals surface area (Å²) in [6.45, 7) is 9.82. The van der Waals surface area contributed by atoms with Crippen LogP contribution in [-0.2, 0) is 4.74 Å². The van der Waals surface area contributed by atoms with E-state index in [0.29, 0.717) is 22.0 Å². The van der Waals surface area contributed by atoms with Crippen LogP contribution in [0.2, 0.25) is 0 Å². The summed E-state index contributed by atoms with van der Waals surface area (Å²) in [7, 11) is 0. The monoisotopic (exact) mass is 447 g/mol. The number of anilines is 1. The molecule has 0 atom stereocenters. The molecule has 0 aliphatic rings. The van der Waals surface area contributed by atoms with Gasteiger partial charge in [-0.1, -0.05) is 29.8 Å². The van der Waals surface area contributed by atoms with Crippen LogP contribution in [-0.4, -0.2) is 27.9 Å². The molecule has 3 aromatic heterocycles. The van der Waals surface area contributed by atoms with Crippen molar-refractivity contribution in [2.75, 3.05) is 11.9 Å². The summed E-state index contributed by atoms with van der Waals surface area (Å²) in [6.07, 6.45) is 1.82. The highest BCUT2D eigenvalue weighted by Gasteiger charge is 2.25. The van der Waals surface area contributed by atoms with Gasteiger partial charge in [-0.2, -0.15) is 0 Å². The third kappa shape index (κ3) is 3.80. The predicted molar refractivity (Wildman–Crippen MR) is 128 cm³/mol. The molecule has 0 fully saturated rings. The number of pyridine rings is 1. The third-order valence-electron chi connectivity index (χ3n) is 5.40. The lowest BCUT2D eigenvalue weighted by Crippen LogP contribution is -2.17. The highest BCUT2D eigenvalue weighted by molar-refractivity contribution is 7.15. The number of imidazole rings is 1. The summed E-state index contributed by atoms with van der Waals surface area (Å²) in [5.74, 6) is -0.773. The number of amides is 1. The number of hydrogen-bond acceptors (Lipinski definition) is 5. The number of rotatable bonds is 5. The Balaban J connectivity index is 1.78. The van der Waals surface area contributed by atoms with Crippen molar-refractivity contribution >= 4 is 33.9 Å². The van der Waals surface area contributed by atoms with Crippen molar-refractivity contribution < 1.29 is 14.3 Å². The number of thiophene rings is 1. The van der Waals surface area contributed by atoms with Crippen molar-refractivity contribution in [3.05, 3.63) is 75.6 Å². The van der Waals surface area contributed by atoms with E-state index in [2.05, 4.69) is 16.4 Å². The summed E-state index contributed by atoms with van der Waals surface area (Å²) in [6, 6.07) is 9.92. The lowest BCUT2D eigenvalue weighted by atomic mass is 9.97. The number of nitrogens with one attached hydrogen (secondary N) is 1. The summed E-state index contributed by atoms with van der Waals surface area (Å²) in [4.78, 5) is 30.7. The number of benzene rings is 1. The van der Waals surface area contributed by atoms with E-state index < -0.39 is 5.97 Å². The maximum absolute atomic E-state index is 13.3. The van der Waals surface area contributed by atoms with Gasteiger partial charge in [-0.05, 0) is 57.4 Å². The minimum Gasteiger partial charge on any atom is -0.462 e. The first-order valence-electron chi connectivity index (χ1n) is 10.4. The first-order chi connectivity index (χ1) is 15.3. The van der Waals surface area contributed by atoms with Gasteiger partial charge >= 0.3 is 5.97 Å². The second-order valence-corrected chi connectivity index (χ2v) is 8.66. The van der Waals surface area contributed by atoms with Crippen LogP contribution in [0.15, 0.2) is 41.9 Å². The molecule has 32 heavy (non-hydrogen) atoms. The molecule has 7 heteroatoms. The molecule has 0 unspecified atom stereocenters. The molecule has 0 radical (unpaired) electrons. The lowest BCUT2D eigenvalue weighted by molar-refractivity contribution is 0.0529. The summed E-state index contributed by atoms with van der Waals surface area (Å²) in [5.41, 5.74) is 7.06. The lowest BCUT2D eigenvalue weighted by Gasteiger charge is -2.11. The number of carbonyl (C=O) groups excluding carboxylic acids is 2. The van der Waals surface area contributed by atoms with Crippen LogP contribution in [0, 0.1) is 27.7 Å². The van der Waals surface area contributed by atoms with E-state index in [1.807, 2.05) is 63.5 Å². The Labute approximate surface area is 190 Å². The Hall–Kier alpha value is -3.45. The van der Waals surface area contributed by atoms with Crippen molar-refractivity contribution in [2.24, 2.45) is 0 Å². The molecular weight excluding hydrogens is 422 g/mol. The normalized spacial score (nSPS) is 11.0. The molecule has 4 aromatic rings. The van der Waals surface area contributed by atoms with Crippen molar-refractivity contribution in [1.82, 2.24) is 9.38 Å². The van der Waals surface area contributed by atoms with Crippen LogP contribution >= 0.6 is 11.3 Å². The van der Waals surface area contributed by atoms with Gasteiger partial charge < -0.3 is 10.1 Å². The van der Waals surface area contributed by atoms with Crippen LogP contribution in [0.1, 0.15) is 50.2 Å². The first kappa shape index (κ1) is 21.8. The standard InChI is InChI=1S/C25H25N3O3S/c1-6-31-25(30)20-19(18-10-9-14(2)12-16(18)4)13-32-24(20)27-23(29)21-17(5)26-22-15(3)8-7-11-28(21)22/h7-13H,6H2,1-5H3,(H,27,29). The average molecular weight is 448 g/mol. The number of nitrogens with zero attached hydrogens (tertiary/aromatic N) is 2. The number of esters is 1. The van der Waals surface area contributed by atoms with E-state index >= 15 is 0 Å². The fraction of sp³-hybridized carbons (Fsp3) is 0.240. The molecule has 0 saturated heterocycles. The Kier molecular flexibility index (Phi) is 5.84. The summed E-state index contributed by atoms with van der Waals surface area (Å²) >= 11 is 1.32. The number of aryl methyl sites for hydroxylation is 4. The van der Waals surface area contributed by atoms with Gasteiger partial charge in [0.1, 0.15) is 21.9 Å². The zero-order valence-electron chi connectivity index (χ0n) is 18.8. The van der Waals surface area contributed by atoms with Crippen LogP contribution in [0.4, 0.5) is 5.00 Å². The maximum atomic E-state index is 13.3. The molecule has 0 spiro atoms. The molecule has 0 bridgehead atoms. The zero-order chi connectivity index (χ0) is 23.0. The second-order valence-electron chi connectivity index (χ2n) is 7.78. The van der Waals surface area contributed by atoms with Crippen LogP contribution in [0.5, 0.6) is 0 Å². The van der Waals surface area contributed by atoms with Gasteiger partial charge in [0, 0.05) is 17.1 Å². The van der Waals surface area contributed by atoms with E-state index in [9.17, 15) is 9.59 Å². The first-order valence-corrected chi connectivity index (χ1v) is 11.3. The molecule has 4 rings (SSSR count). The van der Waals surface area contributed by atoms with Gasteiger partial charge in [-0.3, -0.25) is 9.20 Å². The molecule has 1 amide bonds. The number of fused-ring (bicyclic) bond motifs is 1. The molecule has 3 heterocycles. The van der Waals surface area contributed by atoms with Gasteiger partial charge in [-0.25, -0.2) is 9.78 Å². The smallest absolute Gasteiger partial charge is 0.341 e. The predicted octanol–water partition coefficient (Wildman–Crippen LogP) is 5.73. The fourth-order valence-electron chi connectivity index (χ4n) is 3.92. The van der Waals surface area contributed by atoms with E-state index in [4.69, 9.17) is 4.74 Å². The number of ether oxygens (including phenoxy) is 1. The quantitative estimate of drug-likeness (QED) is 0.397. The van der Waals surface area contributed by atoms with Crippen LogP contribution in [0.25, 0.3) is 16.8 Å². The van der Waals surface area contributed by atoms with E-state index in [1.165, 1.54) is 11.3 Å². The molecule has 0 aliphatic carbocycles. The minimum absolute atomic E-state index is 0.250. The fourth-order valence-corrected chi connectivity index (χ4v) is 4.87. The number of aromatic nitrogens is 2. The van der Waals surface area contributed by atoms with E-state index in [0.717, 1.165) is 33.5 Å². The third-order valence-corrected chi connectivity index (χ3v) is 6.30. The SMILES string of the molecule is CCOC(=O)c1c(-c2ccc(C)cc2C)csc1NC(=O)c1c(C)nc2c(C)cccn12. The van der Waals surface area contributed by atoms with E-state index in [-0.39, 0.29) is 12.5 Å². The number of carbonyl (C=O) groups is 2. The van der Waals surface area contributed by atoms with Gasteiger partial charge in [0.15, 0.2) is 0 Å². The zero-order valence-corrected chi connectivity index (χ0v) is 19.6. The number of hydrogen-bond donors (Lipinski definition) is 1. The minimum atomic E-state index is -0.454. The van der Waals surface area contributed by atoms with Crippen molar-refractivity contribution in [3.8, 4) is 11.1 Å². The highest BCUT2D eigenvalue weighted by atomic mass is 32.1. The van der Waals surface area contributed by atoms with Gasteiger partial charge in [0.25, 0.3) is 5.91 Å². The summed E-state index contributed by atoms with van der Waals surface area (Å²) in [5, 5.41) is 5.30. The second kappa shape index (κ2) is 8.59. The Morgan fingerprint density at radius 3 is 2.59 bits per heavy atom. The van der Waals surface area contributed by atoms with Crippen molar-refractivity contribution in [1.29, 1.82) is 0 Å². The Bertz CT molecular complexity index is 1350. The molecule has 164 valence electrons. The molecule has 1 aromatic carbocycles. The molecule has 6 nitrogen and oxygen atoms in total. The van der Waals surface area contributed by atoms with Gasteiger partial charge in [0.2, 0.25) is 0 Å². The molecule has 1 N–H and O–H groups in total. The Morgan fingerprint density at radius 2 is 1.88 bits per heavy atom. The average Bonchev–Trinajstić information content (AvgIpc) is 3.29. The van der Waals surface area contributed by atoms with Crippen molar-refractivity contribution in [3.63, 3.8) is 0 Å². The van der Waals surface area contributed by atoms with Crippen molar-refractivity contribution in [2.45, 2.75) is 34.6 Å². The van der Waals surface area contributed by atoms with Gasteiger partial charge in [0.05, 0.1) is 12.3 Å². The molecule has 0 saturated carbocycles. The topological polar surface area (TPSA) is 72.7 Å². The Morgan fingerprint density at radius 1 is 1.09 bits per heavy atom. The van der Waals surface area contributed by atoms with Crippen LogP contribution in [0.3, 0.4) is 0 Å². The van der Waals surface area contributed by atoms with E-state index in [1.54, 1.807) is 11.3 Å². The highest BCUT2D eigenvalue weighted by Crippen LogP contribution is 2.38. The molecular formula is C25H25N3O3S. The molecule has 0 aliphatic heterocycles. The summed E-state index contributed by atoms with van der Waals surface area (Å²) < 4.78 is 7.11.